The lowest BCUT2D eigenvalue weighted by Gasteiger charge is -2.27. The van der Waals surface area contributed by atoms with Gasteiger partial charge in [0.05, 0.1) is 11.1 Å². The molecule has 0 bridgehead atoms. The number of benzene rings is 1. The molecule has 0 saturated heterocycles. The first kappa shape index (κ1) is 13.4. The molecular weight excluding hydrogens is 309 g/mol. The molecule has 104 valence electrons. The van der Waals surface area contributed by atoms with Gasteiger partial charge in [-0.1, -0.05) is 12.8 Å². The van der Waals surface area contributed by atoms with Crippen LogP contribution < -0.4 is 10.5 Å². The van der Waals surface area contributed by atoms with Crippen molar-refractivity contribution in [3.8, 4) is 5.75 Å². The van der Waals surface area contributed by atoms with Crippen molar-refractivity contribution in [3.05, 3.63) is 28.0 Å². The van der Waals surface area contributed by atoms with E-state index in [1.165, 1.54) is 18.9 Å². The Morgan fingerprint density at radius 2 is 2.00 bits per heavy atom. The van der Waals surface area contributed by atoms with Crippen LogP contribution in [0.25, 0.3) is 0 Å². The minimum atomic E-state index is -0.427. The molecule has 0 atom stereocenters. The van der Waals surface area contributed by atoms with Gasteiger partial charge in [0.1, 0.15) is 11.6 Å². The molecular formula is C15H19BrFNO. The summed E-state index contributed by atoms with van der Waals surface area (Å²) in [5.74, 6) is 1.16. The molecule has 0 radical (unpaired) electrons. The largest absolute Gasteiger partial charge is 0.492 e. The van der Waals surface area contributed by atoms with E-state index in [2.05, 4.69) is 15.9 Å². The average molecular weight is 328 g/mol. The second-order valence-corrected chi connectivity index (χ2v) is 6.74. The van der Waals surface area contributed by atoms with Gasteiger partial charge >= 0.3 is 0 Å². The minimum absolute atomic E-state index is 0.252. The van der Waals surface area contributed by atoms with Crippen molar-refractivity contribution in [1.82, 2.24) is 0 Å². The van der Waals surface area contributed by atoms with Crippen molar-refractivity contribution in [3.63, 3.8) is 0 Å². The van der Waals surface area contributed by atoms with Crippen LogP contribution in [0.1, 0.15) is 44.1 Å². The normalized spacial score (nSPS) is 21.6. The second kappa shape index (κ2) is 5.06. The number of ether oxygens (including phenoxy) is 1. The van der Waals surface area contributed by atoms with Gasteiger partial charge in [0.25, 0.3) is 0 Å². The lowest BCUT2D eigenvalue weighted by atomic mass is 9.88. The Kier molecular flexibility index (Phi) is 3.56. The Morgan fingerprint density at radius 3 is 2.63 bits per heavy atom. The first-order valence-corrected chi connectivity index (χ1v) is 7.79. The van der Waals surface area contributed by atoms with Gasteiger partial charge < -0.3 is 10.5 Å². The number of halogens is 2. The third-order valence-corrected chi connectivity index (χ3v) is 4.79. The van der Waals surface area contributed by atoms with Crippen molar-refractivity contribution in [1.29, 1.82) is 0 Å². The van der Waals surface area contributed by atoms with Crippen molar-refractivity contribution in [2.75, 3.05) is 6.61 Å². The highest BCUT2D eigenvalue weighted by Crippen LogP contribution is 2.44. The average Bonchev–Trinajstić information content (AvgIpc) is 3.08. The highest BCUT2D eigenvalue weighted by atomic mass is 79.9. The van der Waals surface area contributed by atoms with Gasteiger partial charge in [0.15, 0.2) is 0 Å². The summed E-state index contributed by atoms with van der Waals surface area (Å²) in [7, 11) is 0. The summed E-state index contributed by atoms with van der Waals surface area (Å²) in [6.45, 7) is 0.716. The van der Waals surface area contributed by atoms with Crippen LogP contribution in [-0.2, 0) is 5.54 Å². The van der Waals surface area contributed by atoms with Crippen molar-refractivity contribution in [2.24, 2.45) is 11.7 Å². The number of hydrogen-bond donors (Lipinski definition) is 1. The molecule has 2 fully saturated rings. The van der Waals surface area contributed by atoms with Crippen LogP contribution in [0.2, 0.25) is 0 Å². The van der Waals surface area contributed by atoms with Crippen LogP contribution in [-0.4, -0.2) is 6.61 Å². The molecule has 2 aliphatic carbocycles. The van der Waals surface area contributed by atoms with E-state index < -0.39 is 5.54 Å². The molecule has 0 amide bonds. The van der Waals surface area contributed by atoms with Crippen LogP contribution in [0.3, 0.4) is 0 Å². The first-order valence-electron chi connectivity index (χ1n) is 7.00. The fourth-order valence-electron chi connectivity index (χ4n) is 2.84. The number of hydrogen-bond acceptors (Lipinski definition) is 2. The Labute approximate surface area is 121 Å². The van der Waals surface area contributed by atoms with E-state index in [4.69, 9.17) is 10.5 Å². The summed E-state index contributed by atoms with van der Waals surface area (Å²) in [5, 5.41) is 0. The van der Waals surface area contributed by atoms with Crippen LogP contribution in [0.5, 0.6) is 5.75 Å². The zero-order valence-electron chi connectivity index (χ0n) is 10.9. The SMILES string of the molecule is NC1(c2cc(F)cc(Br)c2OCC2CC2)CCCC1. The molecule has 2 N–H and O–H groups in total. The Bertz CT molecular complexity index is 481. The standard InChI is InChI=1S/C15H19BrFNO/c16-13-8-11(17)7-12(15(18)5-1-2-6-15)14(13)19-9-10-3-4-10/h7-8,10H,1-6,9,18H2. The predicted molar refractivity (Wildman–Crippen MR) is 76.7 cm³/mol. The first-order chi connectivity index (χ1) is 9.08. The maximum absolute atomic E-state index is 13.7. The highest BCUT2D eigenvalue weighted by Gasteiger charge is 2.35. The van der Waals surface area contributed by atoms with E-state index in [9.17, 15) is 4.39 Å². The molecule has 0 aromatic heterocycles. The van der Waals surface area contributed by atoms with Crippen LogP contribution in [0.15, 0.2) is 16.6 Å². The third kappa shape index (κ3) is 2.79. The van der Waals surface area contributed by atoms with Gasteiger partial charge in [0.2, 0.25) is 0 Å². The summed E-state index contributed by atoms with van der Waals surface area (Å²) < 4.78 is 20.3. The predicted octanol–water partition coefficient (Wildman–Crippen LogP) is 4.11. The van der Waals surface area contributed by atoms with E-state index >= 15 is 0 Å². The molecule has 19 heavy (non-hydrogen) atoms. The lowest BCUT2D eigenvalue weighted by molar-refractivity contribution is 0.285. The molecule has 1 aromatic rings. The zero-order valence-corrected chi connectivity index (χ0v) is 12.5. The van der Waals surface area contributed by atoms with Crippen LogP contribution in [0, 0.1) is 11.7 Å². The van der Waals surface area contributed by atoms with E-state index in [0.717, 1.165) is 37.0 Å². The maximum Gasteiger partial charge on any atom is 0.138 e. The summed E-state index contributed by atoms with van der Waals surface area (Å²) in [4.78, 5) is 0. The van der Waals surface area contributed by atoms with Gasteiger partial charge in [-0.2, -0.15) is 0 Å². The molecule has 2 aliphatic rings. The molecule has 0 aliphatic heterocycles. The minimum Gasteiger partial charge on any atom is -0.492 e. The summed E-state index contributed by atoms with van der Waals surface area (Å²) in [6.07, 6.45) is 6.49. The molecule has 0 unspecified atom stereocenters. The fourth-order valence-corrected chi connectivity index (χ4v) is 3.38. The van der Waals surface area contributed by atoms with Crippen molar-refractivity contribution < 1.29 is 9.13 Å². The highest BCUT2D eigenvalue weighted by molar-refractivity contribution is 9.10. The monoisotopic (exact) mass is 327 g/mol. The van der Waals surface area contributed by atoms with Gasteiger partial charge in [-0.25, -0.2) is 4.39 Å². The van der Waals surface area contributed by atoms with Gasteiger partial charge in [-0.05, 0) is 59.7 Å². The third-order valence-electron chi connectivity index (χ3n) is 4.20. The molecule has 1 aromatic carbocycles. The molecule has 2 saturated carbocycles. The van der Waals surface area contributed by atoms with E-state index in [-0.39, 0.29) is 5.82 Å². The van der Waals surface area contributed by atoms with E-state index in [1.807, 2.05) is 0 Å². The quantitative estimate of drug-likeness (QED) is 0.903. The van der Waals surface area contributed by atoms with Crippen molar-refractivity contribution in [2.45, 2.75) is 44.1 Å². The van der Waals surface area contributed by atoms with Gasteiger partial charge in [0, 0.05) is 11.1 Å². The van der Waals surface area contributed by atoms with Gasteiger partial charge in [-0.15, -0.1) is 0 Å². The number of rotatable bonds is 4. The van der Waals surface area contributed by atoms with Crippen molar-refractivity contribution >= 4 is 15.9 Å². The number of nitrogens with two attached hydrogens (primary N) is 1. The molecule has 0 spiro atoms. The Hall–Kier alpha value is -0.610. The van der Waals surface area contributed by atoms with E-state index in [0.29, 0.717) is 17.0 Å². The molecule has 2 nitrogen and oxygen atoms in total. The Morgan fingerprint density at radius 1 is 1.32 bits per heavy atom. The Balaban J connectivity index is 1.94. The molecule has 0 heterocycles. The zero-order chi connectivity index (χ0) is 13.5. The fraction of sp³-hybridized carbons (Fsp3) is 0.600. The summed E-state index contributed by atoms with van der Waals surface area (Å²) >= 11 is 3.42. The summed E-state index contributed by atoms with van der Waals surface area (Å²) in [6, 6.07) is 3.02. The van der Waals surface area contributed by atoms with Crippen LogP contribution >= 0.6 is 15.9 Å². The van der Waals surface area contributed by atoms with Crippen LogP contribution in [0.4, 0.5) is 4.39 Å². The van der Waals surface area contributed by atoms with E-state index in [1.54, 1.807) is 6.07 Å². The van der Waals surface area contributed by atoms with Gasteiger partial charge in [-0.3, -0.25) is 0 Å². The molecule has 3 rings (SSSR count). The smallest absolute Gasteiger partial charge is 0.138 e. The lowest BCUT2D eigenvalue weighted by Crippen LogP contribution is -2.34. The summed E-state index contributed by atoms with van der Waals surface area (Å²) in [5.41, 5.74) is 6.88. The maximum atomic E-state index is 13.7. The topological polar surface area (TPSA) is 35.2 Å². The molecule has 4 heteroatoms. The second-order valence-electron chi connectivity index (χ2n) is 5.88.